The van der Waals surface area contributed by atoms with Crippen molar-refractivity contribution in [3.8, 4) is 0 Å². The molecule has 22 heavy (non-hydrogen) atoms. The molecule has 0 atom stereocenters. The van der Waals surface area contributed by atoms with Crippen LogP contribution in [0.1, 0.15) is 5.76 Å². The van der Waals surface area contributed by atoms with Gasteiger partial charge in [-0.15, -0.1) is 0 Å². The smallest absolute Gasteiger partial charge is 0.321 e. The van der Waals surface area contributed by atoms with Crippen LogP contribution in [0.15, 0.2) is 52.0 Å². The second kappa shape index (κ2) is 6.95. The van der Waals surface area contributed by atoms with Crippen LogP contribution in [0, 0.1) is 0 Å². The Hall–Kier alpha value is -1.83. The predicted molar refractivity (Wildman–Crippen MR) is 79.8 cm³/mol. The molecular weight excluding hydrogens is 330 g/mol. The van der Waals surface area contributed by atoms with Gasteiger partial charge in [0.1, 0.15) is 12.3 Å². The lowest BCUT2D eigenvalue weighted by molar-refractivity contribution is -0.140. The van der Waals surface area contributed by atoms with Gasteiger partial charge in [-0.3, -0.25) is 4.79 Å². The van der Waals surface area contributed by atoms with Crippen molar-refractivity contribution in [2.75, 3.05) is 13.7 Å². The van der Waals surface area contributed by atoms with Crippen LogP contribution in [0.3, 0.4) is 0 Å². The zero-order valence-corrected chi connectivity index (χ0v) is 13.3. The molecule has 0 spiro atoms. The molecule has 0 aliphatic heterocycles. The van der Waals surface area contributed by atoms with E-state index in [4.69, 9.17) is 16.0 Å². The van der Waals surface area contributed by atoms with Crippen LogP contribution in [0.4, 0.5) is 0 Å². The standard InChI is InChI=1S/C14H14ClNO5S/c1-20-14(17)10-16(9-12-3-2-8-21-12)22(18,19)13-6-4-11(15)5-7-13/h2-8H,9-10H2,1H3. The van der Waals surface area contributed by atoms with Crippen LogP contribution in [0.25, 0.3) is 0 Å². The average molecular weight is 344 g/mol. The van der Waals surface area contributed by atoms with Gasteiger partial charge in [-0.05, 0) is 36.4 Å². The summed E-state index contributed by atoms with van der Waals surface area (Å²) in [5, 5.41) is 0.421. The predicted octanol–water partition coefficient (Wildman–Crippen LogP) is 2.30. The highest BCUT2D eigenvalue weighted by atomic mass is 35.5. The average Bonchev–Trinajstić information content (AvgIpc) is 3.00. The zero-order chi connectivity index (χ0) is 16.2. The Morgan fingerprint density at radius 2 is 1.95 bits per heavy atom. The maximum atomic E-state index is 12.7. The van der Waals surface area contributed by atoms with Gasteiger partial charge in [0.05, 0.1) is 24.8 Å². The number of esters is 1. The van der Waals surface area contributed by atoms with Crippen molar-refractivity contribution in [3.05, 3.63) is 53.4 Å². The van der Waals surface area contributed by atoms with E-state index in [1.165, 1.54) is 37.6 Å². The van der Waals surface area contributed by atoms with E-state index >= 15 is 0 Å². The Bertz CT molecular complexity index is 725. The van der Waals surface area contributed by atoms with E-state index in [1.807, 2.05) is 0 Å². The molecule has 0 aliphatic rings. The molecule has 0 radical (unpaired) electrons. The van der Waals surface area contributed by atoms with E-state index in [0.717, 1.165) is 4.31 Å². The van der Waals surface area contributed by atoms with E-state index in [2.05, 4.69) is 4.74 Å². The molecule has 1 aromatic heterocycles. The molecule has 1 aromatic carbocycles. The number of methoxy groups -OCH3 is 1. The number of halogens is 1. The maximum absolute atomic E-state index is 12.7. The van der Waals surface area contributed by atoms with Crippen molar-refractivity contribution < 1.29 is 22.4 Å². The number of furan rings is 1. The van der Waals surface area contributed by atoms with Crippen molar-refractivity contribution in [1.82, 2.24) is 4.31 Å². The number of hydrogen-bond acceptors (Lipinski definition) is 5. The minimum absolute atomic E-state index is 0.0346. The molecule has 0 N–H and O–H groups in total. The number of benzene rings is 1. The van der Waals surface area contributed by atoms with Crippen LogP contribution >= 0.6 is 11.6 Å². The topological polar surface area (TPSA) is 76.8 Å². The number of rotatable bonds is 6. The summed E-state index contributed by atoms with van der Waals surface area (Å²) in [6.45, 7) is -0.491. The highest BCUT2D eigenvalue weighted by molar-refractivity contribution is 7.89. The first-order valence-corrected chi connectivity index (χ1v) is 8.10. The van der Waals surface area contributed by atoms with Crippen molar-refractivity contribution in [2.45, 2.75) is 11.4 Å². The maximum Gasteiger partial charge on any atom is 0.321 e. The van der Waals surface area contributed by atoms with Gasteiger partial charge in [-0.25, -0.2) is 8.42 Å². The molecule has 2 aromatic rings. The highest BCUT2D eigenvalue weighted by Crippen LogP contribution is 2.20. The fourth-order valence-electron chi connectivity index (χ4n) is 1.77. The summed E-state index contributed by atoms with van der Waals surface area (Å²) in [7, 11) is -2.69. The van der Waals surface area contributed by atoms with Crippen molar-refractivity contribution in [3.63, 3.8) is 0 Å². The number of ether oxygens (including phenoxy) is 1. The molecule has 6 nitrogen and oxygen atoms in total. The van der Waals surface area contributed by atoms with E-state index < -0.39 is 22.5 Å². The summed E-state index contributed by atoms with van der Waals surface area (Å²) < 4.78 is 36.0. The van der Waals surface area contributed by atoms with E-state index in [1.54, 1.807) is 12.1 Å². The van der Waals surface area contributed by atoms with Crippen LogP contribution in [0.2, 0.25) is 5.02 Å². The normalized spacial score (nSPS) is 11.6. The first-order chi connectivity index (χ1) is 10.4. The third kappa shape index (κ3) is 3.88. The molecule has 0 aliphatic carbocycles. The SMILES string of the molecule is COC(=O)CN(Cc1ccco1)S(=O)(=O)c1ccc(Cl)cc1. The van der Waals surface area contributed by atoms with Crippen LogP contribution < -0.4 is 0 Å². The first-order valence-electron chi connectivity index (χ1n) is 6.28. The van der Waals surface area contributed by atoms with Gasteiger partial charge >= 0.3 is 5.97 Å². The monoisotopic (exact) mass is 343 g/mol. The highest BCUT2D eigenvalue weighted by Gasteiger charge is 2.28. The van der Waals surface area contributed by atoms with Gasteiger partial charge in [0.25, 0.3) is 0 Å². The van der Waals surface area contributed by atoms with E-state index in [0.29, 0.717) is 10.8 Å². The number of hydrogen-bond donors (Lipinski definition) is 0. The second-order valence-electron chi connectivity index (χ2n) is 4.38. The summed E-state index contributed by atoms with van der Waals surface area (Å²) in [6, 6.07) is 8.96. The molecule has 0 unspecified atom stereocenters. The van der Waals surface area contributed by atoms with Gasteiger partial charge in [-0.2, -0.15) is 4.31 Å². The minimum Gasteiger partial charge on any atom is -0.468 e. The van der Waals surface area contributed by atoms with E-state index in [9.17, 15) is 13.2 Å². The zero-order valence-electron chi connectivity index (χ0n) is 11.7. The first kappa shape index (κ1) is 16.5. The molecule has 0 saturated heterocycles. The summed E-state index contributed by atoms with van der Waals surface area (Å²) >= 11 is 5.77. The number of nitrogens with zero attached hydrogens (tertiary/aromatic N) is 1. The summed E-state index contributed by atoms with van der Waals surface area (Å²) in [4.78, 5) is 11.5. The Morgan fingerprint density at radius 1 is 1.27 bits per heavy atom. The van der Waals surface area contributed by atoms with Crippen molar-refractivity contribution in [1.29, 1.82) is 0 Å². The molecular formula is C14H14ClNO5S. The molecule has 1 heterocycles. The third-order valence-corrected chi connectivity index (χ3v) is 4.95. The quantitative estimate of drug-likeness (QED) is 0.752. The second-order valence-corrected chi connectivity index (χ2v) is 6.76. The molecule has 2 rings (SSSR count). The fourth-order valence-corrected chi connectivity index (χ4v) is 3.24. The Kier molecular flexibility index (Phi) is 5.23. The van der Waals surface area contributed by atoms with Crippen LogP contribution in [-0.2, 0) is 26.1 Å². The molecule has 8 heteroatoms. The van der Waals surface area contributed by atoms with Crippen molar-refractivity contribution in [2.24, 2.45) is 0 Å². The molecule has 0 saturated carbocycles. The number of sulfonamides is 1. The van der Waals surface area contributed by atoms with Gasteiger partial charge in [-0.1, -0.05) is 11.6 Å². The van der Waals surface area contributed by atoms with Gasteiger partial charge in [0, 0.05) is 5.02 Å². The Morgan fingerprint density at radius 3 is 2.50 bits per heavy atom. The van der Waals surface area contributed by atoms with Crippen LogP contribution in [-0.4, -0.2) is 32.3 Å². The fraction of sp³-hybridized carbons (Fsp3) is 0.214. The van der Waals surface area contributed by atoms with Gasteiger partial charge in [0.2, 0.25) is 10.0 Å². The molecule has 0 fully saturated rings. The lowest BCUT2D eigenvalue weighted by Crippen LogP contribution is -2.35. The summed E-state index contributed by atoms with van der Waals surface area (Å²) in [6.07, 6.45) is 1.43. The van der Waals surface area contributed by atoms with Gasteiger partial charge < -0.3 is 9.15 Å². The van der Waals surface area contributed by atoms with E-state index in [-0.39, 0.29) is 11.4 Å². The Balaban J connectivity index is 2.33. The molecule has 118 valence electrons. The minimum atomic E-state index is -3.89. The van der Waals surface area contributed by atoms with Gasteiger partial charge in [0.15, 0.2) is 0 Å². The summed E-state index contributed by atoms with van der Waals surface area (Å²) in [5.74, 6) is -0.245. The third-order valence-electron chi connectivity index (χ3n) is 2.90. The van der Waals surface area contributed by atoms with Crippen LogP contribution in [0.5, 0.6) is 0 Å². The lowest BCUT2D eigenvalue weighted by atomic mass is 10.4. The largest absolute Gasteiger partial charge is 0.468 e. The molecule has 0 amide bonds. The lowest BCUT2D eigenvalue weighted by Gasteiger charge is -2.20. The summed E-state index contributed by atoms with van der Waals surface area (Å²) in [5.41, 5.74) is 0. The molecule has 0 bridgehead atoms. The number of carbonyl (C=O) groups excluding carboxylic acids is 1. The Labute approximate surface area is 133 Å². The number of carbonyl (C=O) groups is 1. The van der Waals surface area contributed by atoms with Crippen molar-refractivity contribution >= 4 is 27.6 Å².